The summed E-state index contributed by atoms with van der Waals surface area (Å²) in [6.07, 6.45) is 0. The molecular weight excluding hydrogens is 266 g/mol. The number of rotatable bonds is 6. The Bertz CT molecular complexity index is 515. The number of benzene rings is 1. The maximum Gasteiger partial charge on any atom is 0.323 e. The number of carboxylic acid groups (broad SMARTS) is 1. The van der Waals surface area contributed by atoms with E-state index in [2.05, 4.69) is 4.74 Å². The van der Waals surface area contributed by atoms with Gasteiger partial charge in [0.25, 0.3) is 0 Å². The summed E-state index contributed by atoms with van der Waals surface area (Å²) < 4.78 is 4.52. The first-order chi connectivity index (χ1) is 9.33. The number of methoxy groups -OCH3 is 1. The third-order valence-electron chi connectivity index (χ3n) is 3.28. The number of carbonyl (C=O) groups excluding carboxylic acids is 1. The van der Waals surface area contributed by atoms with Crippen molar-refractivity contribution >= 4 is 11.9 Å². The van der Waals surface area contributed by atoms with Crippen LogP contribution in [0.15, 0.2) is 30.3 Å². The average molecular weight is 281 g/mol. The number of carboxylic acids is 1. The van der Waals surface area contributed by atoms with Crippen LogP contribution < -0.4 is 0 Å². The van der Waals surface area contributed by atoms with Crippen LogP contribution in [0.1, 0.15) is 18.4 Å². The number of nitro groups is 1. The van der Waals surface area contributed by atoms with E-state index < -0.39 is 34.7 Å². The van der Waals surface area contributed by atoms with Crippen molar-refractivity contribution in [3.8, 4) is 0 Å². The second-order valence-electron chi connectivity index (χ2n) is 4.48. The van der Waals surface area contributed by atoms with Crippen LogP contribution >= 0.6 is 0 Å². The van der Waals surface area contributed by atoms with Gasteiger partial charge >= 0.3 is 11.9 Å². The zero-order valence-electron chi connectivity index (χ0n) is 11.1. The van der Waals surface area contributed by atoms with Gasteiger partial charge in [-0.05, 0) is 12.5 Å². The molecule has 0 amide bonds. The highest BCUT2D eigenvalue weighted by Crippen LogP contribution is 2.37. The highest BCUT2D eigenvalue weighted by atomic mass is 16.6. The molecule has 1 aromatic rings. The molecule has 1 N–H and O–H groups in total. The van der Waals surface area contributed by atoms with Gasteiger partial charge in [-0.3, -0.25) is 19.7 Å². The van der Waals surface area contributed by atoms with E-state index >= 15 is 0 Å². The first-order valence-corrected chi connectivity index (χ1v) is 5.82. The van der Waals surface area contributed by atoms with Crippen molar-refractivity contribution in [3.63, 3.8) is 0 Å². The second-order valence-corrected chi connectivity index (χ2v) is 4.48. The van der Waals surface area contributed by atoms with E-state index in [-0.39, 0.29) is 0 Å². The van der Waals surface area contributed by atoms with Gasteiger partial charge in [-0.25, -0.2) is 0 Å². The number of carbonyl (C=O) groups is 2. The van der Waals surface area contributed by atoms with E-state index in [0.717, 1.165) is 14.0 Å². The molecule has 0 saturated carbocycles. The summed E-state index contributed by atoms with van der Waals surface area (Å²) in [4.78, 5) is 33.5. The molecule has 2 atom stereocenters. The van der Waals surface area contributed by atoms with E-state index in [0.29, 0.717) is 5.56 Å². The molecule has 0 radical (unpaired) electrons. The molecule has 1 aromatic carbocycles. The Kier molecular flexibility index (Phi) is 4.79. The van der Waals surface area contributed by atoms with Gasteiger partial charge in [-0.2, -0.15) is 0 Å². The maximum absolute atomic E-state index is 11.8. The minimum absolute atomic E-state index is 0.402. The number of ether oxygens (including phenoxy) is 1. The monoisotopic (exact) mass is 281 g/mol. The van der Waals surface area contributed by atoms with Gasteiger partial charge < -0.3 is 9.84 Å². The van der Waals surface area contributed by atoms with Crippen LogP contribution in [0.3, 0.4) is 0 Å². The minimum Gasteiger partial charge on any atom is -0.480 e. The van der Waals surface area contributed by atoms with Crippen molar-refractivity contribution in [2.75, 3.05) is 13.7 Å². The fourth-order valence-electron chi connectivity index (χ4n) is 2.05. The highest BCUT2D eigenvalue weighted by molar-refractivity contribution is 5.99. The summed E-state index contributed by atoms with van der Waals surface area (Å²) in [5.41, 5.74) is -1.62. The number of hydrogen-bond acceptors (Lipinski definition) is 5. The molecule has 20 heavy (non-hydrogen) atoms. The van der Waals surface area contributed by atoms with Crippen LogP contribution in [0.25, 0.3) is 0 Å². The third-order valence-corrected chi connectivity index (χ3v) is 3.28. The van der Waals surface area contributed by atoms with Crippen LogP contribution in [0.4, 0.5) is 0 Å². The van der Waals surface area contributed by atoms with E-state index in [1.807, 2.05) is 0 Å². The highest BCUT2D eigenvalue weighted by Gasteiger charge is 2.52. The molecule has 0 aliphatic rings. The van der Waals surface area contributed by atoms with Crippen molar-refractivity contribution < 1.29 is 24.4 Å². The van der Waals surface area contributed by atoms with Crippen LogP contribution in [0, 0.1) is 15.5 Å². The standard InChI is InChI=1S/C13H15NO6/c1-13(11(15)16,12(17)20-2)10(8-14(18)19)9-6-4-3-5-7-9/h3-7,10H,8H2,1-2H3,(H,15,16). The lowest BCUT2D eigenvalue weighted by atomic mass is 9.73. The van der Waals surface area contributed by atoms with E-state index in [9.17, 15) is 24.8 Å². The zero-order chi connectivity index (χ0) is 15.3. The molecule has 0 bridgehead atoms. The van der Waals surface area contributed by atoms with Gasteiger partial charge in [0, 0.05) is 4.92 Å². The number of hydrogen-bond donors (Lipinski definition) is 1. The van der Waals surface area contributed by atoms with Crippen molar-refractivity contribution in [2.24, 2.45) is 5.41 Å². The van der Waals surface area contributed by atoms with Crippen LogP contribution in [0.5, 0.6) is 0 Å². The Morgan fingerprint density at radius 3 is 2.35 bits per heavy atom. The quantitative estimate of drug-likeness (QED) is 0.364. The predicted molar refractivity (Wildman–Crippen MR) is 68.8 cm³/mol. The largest absolute Gasteiger partial charge is 0.480 e. The Balaban J connectivity index is 3.37. The zero-order valence-corrected chi connectivity index (χ0v) is 11.1. The lowest BCUT2D eigenvalue weighted by molar-refractivity contribution is -0.485. The average Bonchev–Trinajstić information content (AvgIpc) is 2.43. The lowest BCUT2D eigenvalue weighted by Crippen LogP contribution is -2.45. The Hall–Kier alpha value is -2.44. The Morgan fingerprint density at radius 2 is 1.95 bits per heavy atom. The molecule has 0 saturated heterocycles. The summed E-state index contributed by atoms with van der Waals surface area (Å²) in [5.74, 6) is -3.59. The molecule has 0 aliphatic carbocycles. The molecule has 1 rings (SSSR count). The second kappa shape index (κ2) is 6.14. The van der Waals surface area contributed by atoms with E-state index in [4.69, 9.17) is 0 Å². The van der Waals surface area contributed by atoms with E-state index in [1.165, 1.54) is 0 Å². The van der Waals surface area contributed by atoms with Gasteiger partial charge in [0.05, 0.1) is 13.0 Å². The molecule has 0 aromatic heterocycles. The SMILES string of the molecule is COC(=O)C(C)(C(=O)O)C(C[N+](=O)[O-])c1ccccc1. The van der Waals surface area contributed by atoms with Gasteiger partial charge in [-0.1, -0.05) is 30.3 Å². The molecular formula is C13H15NO6. The Morgan fingerprint density at radius 1 is 1.40 bits per heavy atom. The van der Waals surface area contributed by atoms with Gasteiger partial charge in [0.2, 0.25) is 6.54 Å². The molecule has 2 unspecified atom stereocenters. The summed E-state index contributed by atoms with van der Waals surface area (Å²) >= 11 is 0. The molecule has 0 spiro atoms. The fraction of sp³-hybridized carbons (Fsp3) is 0.385. The normalized spacial score (nSPS) is 14.9. The van der Waals surface area contributed by atoms with Gasteiger partial charge in [0.15, 0.2) is 5.41 Å². The van der Waals surface area contributed by atoms with Crippen molar-refractivity contribution in [2.45, 2.75) is 12.8 Å². The van der Waals surface area contributed by atoms with Crippen molar-refractivity contribution in [1.29, 1.82) is 0 Å². The molecule has 0 aliphatic heterocycles. The fourth-order valence-corrected chi connectivity index (χ4v) is 2.05. The van der Waals surface area contributed by atoms with Crippen LogP contribution in [-0.2, 0) is 14.3 Å². The molecule has 7 nitrogen and oxygen atoms in total. The summed E-state index contributed by atoms with van der Waals surface area (Å²) in [6, 6.07) is 8.06. The first-order valence-electron chi connectivity index (χ1n) is 5.82. The number of nitrogens with zero attached hydrogens (tertiary/aromatic N) is 1. The summed E-state index contributed by atoms with van der Waals surface area (Å²) in [6.45, 7) is 0.463. The minimum atomic E-state index is -2.02. The summed E-state index contributed by atoms with van der Waals surface area (Å²) in [7, 11) is 1.05. The van der Waals surface area contributed by atoms with Crippen LogP contribution in [0.2, 0.25) is 0 Å². The Labute approximate surface area is 115 Å². The van der Waals surface area contributed by atoms with Crippen molar-refractivity contribution in [3.05, 3.63) is 46.0 Å². The summed E-state index contributed by atoms with van der Waals surface area (Å²) in [5, 5.41) is 20.2. The maximum atomic E-state index is 11.8. The molecule has 108 valence electrons. The number of aliphatic carboxylic acids is 1. The van der Waals surface area contributed by atoms with Crippen LogP contribution in [-0.4, -0.2) is 35.6 Å². The smallest absolute Gasteiger partial charge is 0.323 e. The molecule has 0 fully saturated rings. The van der Waals surface area contributed by atoms with Gasteiger partial charge in [-0.15, -0.1) is 0 Å². The third kappa shape index (κ3) is 2.93. The number of esters is 1. The lowest BCUT2D eigenvalue weighted by Gasteiger charge is -2.29. The predicted octanol–water partition coefficient (Wildman–Crippen LogP) is 1.31. The first kappa shape index (κ1) is 15.6. The molecule has 0 heterocycles. The van der Waals surface area contributed by atoms with Crippen molar-refractivity contribution in [1.82, 2.24) is 0 Å². The van der Waals surface area contributed by atoms with Gasteiger partial charge in [0.1, 0.15) is 0 Å². The molecule has 7 heteroatoms. The van der Waals surface area contributed by atoms with E-state index in [1.54, 1.807) is 30.3 Å². The topological polar surface area (TPSA) is 107 Å².